The van der Waals surface area contributed by atoms with Crippen molar-refractivity contribution in [2.45, 2.75) is 33.1 Å². The van der Waals surface area contributed by atoms with Crippen LogP contribution in [0.2, 0.25) is 0 Å². The summed E-state index contributed by atoms with van der Waals surface area (Å²) in [6, 6.07) is 5.58. The van der Waals surface area contributed by atoms with Gasteiger partial charge in [-0.25, -0.2) is 9.59 Å². The fourth-order valence-corrected chi connectivity index (χ4v) is 2.11. The highest BCUT2D eigenvalue weighted by atomic mass is 32.1. The number of carbonyl (C=O) groups is 2. The zero-order valence-corrected chi connectivity index (χ0v) is 14.9. The maximum Gasteiger partial charge on any atom is 0.413 e. The van der Waals surface area contributed by atoms with Gasteiger partial charge < -0.3 is 14.8 Å². The summed E-state index contributed by atoms with van der Waals surface area (Å²) in [5.41, 5.74) is 2.16. The minimum absolute atomic E-state index is 0.0707. The Morgan fingerprint density at radius 2 is 1.88 bits per heavy atom. The fraction of sp³-hybridized carbons (Fsp3) is 0.438. The van der Waals surface area contributed by atoms with Crippen molar-refractivity contribution in [1.29, 1.82) is 0 Å². The molecule has 1 aromatic rings. The predicted octanol–water partition coefficient (Wildman–Crippen LogP) is 3.65. The lowest BCUT2D eigenvalue weighted by molar-refractivity contribution is 0.168. The van der Waals surface area contributed by atoms with Gasteiger partial charge in [-0.15, -0.1) is 0 Å². The van der Waals surface area contributed by atoms with E-state index in [1.807, 2.05) is 12.1 Å². The maximum absolute atomic E-state index is 11.6. The van der Waals surface area contributed by atoms with Crippen LogP contribution in [0.4, 0.5) is 21.0 Å². The fourth-order valence-electron chi connectivity index (χ4n) is 1.91. The molecule has 24 heavy (non-hydrogen) atoms. The molecule has 0 unspecified atom stereocenters. The number of benzene rings is 1. The normalized spacial score (nSPS) is 9.79. The predicted molar refractivity (Wildman–Crippen MR) is 97.5 cm³/mol. The van der Waals surface area contributed by atoms with Crippen molar-refractivity contribution < 1.29 is 19.1 Å². The van der Waals surface area contributed by atoms with Gasteiger partial charge in [0.1, 0.15) is 0 Å². The Kier molecular flexibility index (Phi) is 8.56. The molecule has 7 nitrogen and oxygen atoms in total. The Morgan fingerprint density at radius 1 is 1.12 bits per heavy atom. The summed E-state index contributed by atoms with van der Waals surface area (Å²) < 4.78 is 9.38. The van der Waals surface area contributed by atoms with E-state index in [1.54, 1.807) is 13.0 Å². The van der Waals surface area contributed by atoms with Crippen LogP contribution in [0.25, 0.3) is 0 Å². The first-order chi connectivity index (χ1) is 11.5. The van der Waals surface area contributed by atoms with E-state index in [4.69, 9.17) is 17.0 Å². The van der Waals surface area contributed by atoms with E-state index in [9.17, 15) is 9.59 Å². The number of aryl methyl sites for hydroxylation is 1. The van der Waals surface area contributed by atoms with Gasteiger partial charge in [-0.1, -0.05) is 19.4 Å². The van der Waals surface area contributed by atoms with E-state index in [0.29, 0.717) is 11.4 Å². The molecule has 0 saturated carbocycles. The minimum atomic E-state index is -0.672. The third-order valence-corrected chi connectivity index (χ3v) is 3.27. The number of carbonyl (C=O) groups excluding carboxylic acids is 2. The number of thiocarbonyl (C=S) groups is 1. The van der Waals surface area contributed by atoms with Crippen LogP contribution in [0.1, 0.15) is 32.3 Å². The van der Waals surface area contributed by atoms with Gasteiger partial charge in [0, 0.05) is 0 Å². The molecular formula is C16H23N3O4S. The van der Waals surface area contributed by atoms with Crippen molar-refractivity contribution in [3.8, 4) is 0 Å². The molecule has 0 atom stereocenters. The van der Waals surface area contributed by atoms with E-state index in [-0.39, 0.29) is 11.7 Å². The molecule has 0 aliphatic carbocycles. The number of alkyl carbamates (subject to hydrolysis) is 1. The number of ether oxygens (including phenoxy) is 2. The van der Waals surface area contributed by atoms with Crippen LogP contribution < -0.4 is 16.0 Å². The van der Waals surface area contributed by atoms with E-state index in [1.165, 1.54) is 7.11 Å². The first kappa shape index (κ1) is 19.7. The summed E-state index contributed by atoms with van der Waals surface area (Å²) in [5.74, 6) is 0. The molecule has 2 amide bonds. The van der Waals surface area contributed by atoms with E-state index in [0.717, 1.165) is 24.8 Å². The minimum Gasteiger partial charge on any atom is -0.453 e. The highest BCUT2D eigenvalue weighted by Gasteiger charge is 2.11. The van der Waals surface area contributed by atoms with Gasteiger partial charge in [0.05, 0.1) is 25.1 Å². The lowest BCUT2D eigenvalue weighted by Crippen LogP contribution is -2.34. The number of rotatable bonds is 6. The van der Waals surface area contributed by atoms with Gasteiger partial charge in [-0.05, 0) is 49.7 Å². The van der Waals surface area contributed by atoms with Gasteiger partial charge in [0.25, 0.3) is 0 Å². The van der Waals surface area contributed by atoms with E-state index >= 15 is 0 Å². The van der Waals surface area contributed by atoms with Gasteiger partial charge in [-0.2, -0.15) is 0 Å². The lowest BCUT2D eigenvalue weighted by Gasteiger charge is -2.15. The molecule has 0 bridgehead atoms. The van der Waals surface area contributed by atoms with Crippen molar-refractivity contribution in [2.75, 3.05) is 24.4 Å². The van der Waals surface area contributed by atoms with Gasteiger partial charge in [-0.3, -0.25) is 10.6 Å². The average Bonchev–Trinajstić information content (AvgIpc) is 2.55. The smallest absolute Gasteiger partial charge is 0.413 e. The number of amides is 2. The number of hydrogen-bond donors (Lipinski definition) is 3. The second-order valence-electron chi connectivity index (χ2n) is 4.90. The summed E-state index contributed by atoms with van der Waals surface area (Å²) in [6.45, 7) is 4.11. The zero-order chi connectivity index (χ0) is 17.9. The summed E-state index contributed by atoms with van der Waals surface area (Å²) >= 11 is 5.07. The van der Waals surface area contributed by atoms with Crippen molar-refractivity contribution >= 4 is 40.9 Å². The third-order valence-electron chi connectivity index (χ3n) is 3.06. The summed E-state index contributed by atoms with van der Waals surface area (Å²) in [7, 11) is 1.25. The quantitative estimate of drug-likeness (QED) is 0.677. The third kappa shape index (κ3) is 6.82. The Balaban J connectivity index is 2.93. The van der Waals surface area contributed by atoms with Crippen LogP contribution in [-0.2, 0) is 15.9 Å². The van der Waals surface area contributed by atoms with E-state index in [2.05, 4.69) is 27.6 Å². The SMILES string of the molecule is CCCCc1ccc(NC(=O)OCC)c(NC(=S)NC(=O)OC)c1. The number of hydrogen-bond acceptors (Lipinski definition) is 5. The molecule has 0 heterocycles. The molecule has 1 aromatic carbocycles. The Bertz CT molecular complexity index is 593. The first-order valence-corrected chi connectivity index (χ1v) is 8.13. The molecule has 1 rings (SSSR count). The highest BCUT2D eigenvalue weighted by Crippen LogP contribution is 2.24. The van der Waals surface area contributed by atoms with E-state index < -0.39 is 12.2 Å². The standard InChI is InChI=1S/C16H23N3O4S/c1-4-6-7-11-8-9-12(18-16(21)23-5-2)13(10-11)17-14(24)19-15(20)22-3/h8-10H,4-7H2,1-3H3,(H,18,21)(H2,17,19,20,24). The van der Waals surface area contributed by atoms with Gasteiger partial charge in [0.15, 0.2) is 5.11 Å². The summed E-state index contributed by atoms with van der Waals surface area (Å²) in [4.78, 5) is 22.9. The lowest BCUT2D eigenvalue weighted by atomic mass is 10.1. The number of nitrogens with one attached hydrogen (secondary N) is 3. The zero-order valence-electron chi connectivity index (χ0n) is 14.1. The molecule has 132 valence electrons. The Labute approximate surface area is 147 Å². The summed E-state index contributed by atoms with van der Waals surface area (Å²) in [6.07, 6.45) is 1.80. The largest absolute Gasteiger partial charge is 0.453 e. The second kappa shape index (κ2) is 10.4. The molecule has 0 radical (unpaired) electrons. The monoisotopic (exact) mass is 353 g/mol. The van der Waals surface area contributed by atoms with Crippen LogP contribution in [0, 0.1) is 0 Å². The number of methoxy groups -OCH3 is 1. The highest BCUT2D eigenvalue weighted by molar-refractivity contribution is 7.80. The Morgan fingerprint density at radius 3 is 2.50 bits per heavy atom. The summed E-state index contributed by atoms with van der Waals surface area (Å²) in [5, 5.41) is 7.96. The molecule has 0 spiro atoms. The molecule has 0 fully saturated rings. The molecular weight excluding hydrogens is 330 g/mol. The van der Waals surface area contributed by atoms with Gasteiger partial charge >= 0.3 is 12.2 Å². The number of anilines is 2. The average molecular weight is 353 g/mol. The van der Waals surface area contributed by atoms with Crippen molar-refractivity contribution in [3.63, 3.8) is 0 Å². The maximum atomic E-state index is 11.6. The molecule has 8 heteroatoms. The van der Waals surface area contributed by atoms with Crippen LogP contribution in [0.5, 0.6) is 0 Å². The van der Waals surface area contributed by atoms with Crippen molar-refractivity contribution in [2.24, 2.45) is 0 Å². The molecule has 3 N–H and O–H groups in total. The number of unbranched alkanes of at least 4 members (excludes halogenated alkanes) is 1. The van der Waals surface area contributed by atoms with Crippen molar-refractivity contribution in [1.82, 2.24) is 5.32 Å². The van der Waals surface area contributed by atoms with Crippen LogP contribution in [0.3, 0.4) is 0 Å². The van der Waals surface area contributed by atoms with Gasteiger partial charge in [0.2, 0.25) is 0 Å². The first-order valence-electron chi connectivity index (χ1n) is 7.72. The molecule has 0 aromatic heterocycles. The molecule has 0 aliphatic heterocycles. The topological polar surface area (TPSA) is 88.7 Å². The van der Waals surface area contributed by atoms with Crippen LogP contribution in [0.15, 0.2) is 18.2 Å². The Hall–Kier alpha value is -2.35. The van der Waals surface area contributed by atoms with Crippen LogP contribution in [-0.4, -0.2) is 31.0 Å². The second-order valence-corrected chi connectivity index (χ2v) is 5.31. The van der Waals surface area contributed by atoms with Crippen LogP contribution >= 0.6 is 12.2 Å². The van der Waals surface area contributed by atoms with Crippen molar-refractivity contribution in [3.05, 3.63) is 23.8 Å². The molecule has 0 aliphatic rings. The molecule has 0 saturated heterocycles.